The van der Waals surface area contributed by atoms with Gasteiger partial charge >= 0.3 is 6.18 Å². The van der Waals surface area contributed by atoms with Crippen LogP contribution in [0.25, 0.3) is 0 Å². The number of hydrogen-bond acceptors (Lipinski definition) is 2. The van der Waals surface area contributed by atoms with Crippen LogP contribution >= 0.6 is 0 Å². The fourth-order valence-corrected chi connectivity index (χ4v) is 4.25. The lowest BCUT2D eigenvalue weighted by molar-refractivity contribution is -0.144. The van der Waals surface area contributed by atoms with E-state index in [1.165, 1.54) is 12.1 Å². The summed E-state index contributed by atoms with van der Waals surface area (Å²) < 4.78 is 38.9. The molecule has 27 heavy (non-hydrogen) atoms. The monoisotopic (exact) mass is 380 g/mol. The molecule has 7 heteroatoms. The largest absolute Gasteiger partial charge is 0.416 e. The standard InChI is InChI=1S/C20H23F3N2O2/c1-2-11-25-17(26)8-4-9-19(25)10-5-12-24(14-19)18(27)15-6-3-7-16(13-15)20(21,22)23/h2-3,6-7,13H,1,4-5,8-12,14H2. The number of alkyl halides is 3. The van der Waals surface area contributed by atoms with E-state index in [4.69, 9.17) is 0 Å². The van der Waals surface area contributed by atoms with Gasteiger partial charge in [-0.05, 0) is 43.9 Å². The van der Waals surface area contributed by atoms with Gasteiger partial charge < -0.3 is 9.80 Å². The van der Waals surface area contributed by atoms with Crippen LogP contribution in [0.5, 0.6) is 0 Å². The van der Waals surface area contributed by atoms with Crippen molar-refractivity contribution in [3.63, 3.8) is 0 Å². The lowest BCUT2D eigenvalue weighted by atomic mass is 9.79. The number of likely N-dealkylation sites (tertiary alicyclic amines) is 2. The fraction of sp³-hybridized carbons (Fsp3) is 0.500. The highest BCUT2D eigenvalue weighted by Crippen LogP contribution is 2.37. The minimum absolute atomic E-state index is 0.0271. The third-order valence-corrected chi connectivity index (χ3v) is 5.50. The van der Waals surface area contributed by atoms with Crippen LogP contribution in [0.1, 0.15) is 48.0 Å². The van der Waals surface area contributed by atoms with Crippen molar-refractivity contribution >= 4 is 11.8 Å². The van der Waals surface area contributed by atoms with Crippen molar-refractivity contribution in [1.82, 2.24) is 9.80 Å². The molecule has 1 aromatic carbocycles. The molecule has 0 saturated carbocycles. The van der Waals surface area contributed by atoms with Crippen molar-refractivity contribution in [1.29, 1.82) is 0 Å². The molecule has 0 N–H and O–H groups in total. The van der Waals surface area contributed by atoms with Gasteiger partial charge in [-0.15, -0.1) is 6.58 Å². The maximum Gasteiger partial charge on any atom is 0.416 e. The molecule has 0 radical (unpaired) electrons. The van der Waals surface area contributed by atoms with Crippen LogP contribution in [0.2, 0.25) is 0 Å². The number of amides is 2. The second-order valence-electron chi connectivity index (χ2n) is 7.28. The summed E-state index contributed by atoms with van der Waals surface area (Å²) in [4.78, 5) is 28.7. The van der Waals surface area contributed by atoms with Crippen LogP contribution in [0, 0.1) is 0 Å². The smallest absolute Gasteiger partial charge is 0.336 e. The van der Waals surface area contributed by atoms with E-state index in [0.717, 1.165) is 31.4 Å². The highest BCUT2D eigenvalue weighted by Gasteiger charge is 2.45. The Morgan fingerprint density at radius 3 is 2.70 bits per heavy atom. The SMILES string of the molecule is C=CCN1C(=O)CCCC12CCCN(C(=O)c1cccc(C(F)(F)F)c1)C2. The molecule has 2 aliphatic rings. The average Bonchev–Trinajstić information content (AvgIpc) is 2.64. The number of carbonyl (C=O) groups excluding carboxylic acids is 2. The second-order valence-corrected chi connectivity index (χ2v) is 7.28. The molecule has 0 aromatic heterocycles. The van der Waals surface area contributed by atoms with Crippen LogP contribution in [0.3, 0.4) is 0 Å². The fourth-order valence-electron chi connectivity index (χ4n) is 4.25. The Balaban J connectivity index is 1.84. The highest BCUT2D eigenvalue weighted by atomic mass is 19.4. The first-order valence-corrected chi connectivity index (χ1v) is 9.15. The molecule has 1 atom stereocenters. The zero-order chi connectivity index (χ0) is 19.7. The zero-order valence-electron chi connectivity index (χ0n) is 15.1. The third-order valence-electron chi connectivity index (χ3n) is 5.50. The molecule has 2 aliphatic heterocycles. The van der Waals surface area contributed by atoms with Gasteiger partial charge in [-0.2, -0.15) is 13.2 Å². The molecule has 1 unspecified atom stereocenters. The Bertz CT molecular complexity index is 743. The van der Waals surface area contributed by atoms with Crippen molar-refractivity contribution in [2.75, 3.05) is 19.6 Å². The van der Waals surface area contributed by atoms with E-state index < -0.39 is 23.2 Å². The summed E-state index contributed by atoms with van der Waals surface area (Å²) in [5.41, 5.74) is -1.25. The van der Waals surface area contributed by atoms with E-state index in [1.807, 2.05) is 0 Å². The van der Waals surface area contributed by atoms with Crippen molar-refractivity contribution < 1.29 is 22.8 Å². The van der Waals surface area contributed by atoms with Gasteiger partial charge in [0, 0.05) is 31.6 Å². The molecule has 2 heterocycles. The van der Waals surface area contributed by atoms with Crippen molar-refractivity contribution in [3.8, 4) is 0 Å². The van der Waals surface area contributed by atoms with Crippen LogP contribution in [-0.4, -0.2) is 46.8 Å². The van der Waals surface area contributed by atoms with Crippen LogP contribution in [0.15, 0.2) is 36.9 Å². The lowest BCUT2D eigenvalue weighted by Gasteiger charge is -2.52. The number of piperidine rings is 2. The molecule has 4 nitrogen and oxygen atoms in total. The number of carbonyl (C=O) groups is 2. The Labute approximate surface area is 156 Å². The first-order chi connectivity index (χ1) is 12.8. The zero-order valence-corrected chi connectivity index (χ0v) is 15.1. The molecule has 3 rings (SSSR count). The van der Waals surface area contributed by atoms with Crippen molar-refractivity contribution in [2.24, 2.45) is 0 Å². The van der Waals surface area contributed by atoms with Crippen LogP contribution < -0.4 is 0 Å². The highest BCUT2D eigenvalue weighted by molar-refractivity contribution is 5.94. The summed E-state index contributed by atoms with van der Waals surface area (Å²) in [6.45, 7) is 4.97. The van der Waals surface area contributed by atoms with Gasteiger partial charge in [0.2, 0.25) is 5.91 Å². The molecule has 0 bridgehead atoms. The molecular weight excluding hydrogens is 357 g/mol. The van der Waals surface area contributed by atoms with Gasteiger partial charge in [-0.25, -0.2) is 0 Å². The normalized spacial score (nSPS) is 23.6. The first kappa shape index (κ1) is 19.5. The summed E-state index contributed by atoms with van der Waals surface area (Å²) in [5, 5.41) is 0. The molecule has 0 aliphatic carbocycles. The molecule has 1 aromatic rings. The molecule has 2 saturated heterocycles. The summed E-state index contributed by atoms with van der Waals surface area (Å²) in [5.74, 6) is -0.369. The Morgan fingerprint density at radius 2 is 2.00 bits per heavy atom. The van der Waals surface area contributed by atoms with E-state index in [9.17, 15) is 22.8 Å². The van der Waals surface area contributed by atoms with Crippen molar-refractivity contribution in [2.45, 2.75) is 43.8 Å². The van der Waals surface area contributed by atoms with Gasteiger partial charge in [0.05, 0.1) is 11.1 Å². The average molecular weight is 380 g/mol. The number of nitrogens with zero attached hydrogens (tertiary/aromatic N) is 2. The molecule has 1 spiro atoms. The van der Waals surface area contributed by atoms with Gasteiger partial charge in [0.25, 0.3) is 5.91 Å². The van der Waals surface area contributed by atoms with Crippen LogP contribution in [-0.2, 0) is 11.0 Å². The van der Waals surface area contributed by atoms with Crippen molar-refractivity contribution in [3.05, 3.63) is 48.0 Å². The minimum Gasteiger partial charge on any atom is -0.336 e. The van der Waals surface area contributed by atoms with Gasteiger partial charge in [-0.1, -0.05) is 12.1 Å². The summed E-state index contributed by atoms with van der Waals surface area (Å²) in [6, 6.07) is 4.52. The molecule has 2 amide bonds. The maximum atomic E-state index is 13.0. The van der Waals surface area contributed by atoms with E-state index in [-0.39, 0.29) is 11.5 Å². The Kier molecular flexibility index (Phi) is 5.31. The van der Waals surface area contributed by atoms with E-state index in [1.54, 1.807) is 15.9 Å². The van der Waals surface area contributed by atoms with E-state index in [0.29, 0.717) is 32.5 Å². The molecule has 2 fully saturated rings. The number of halogens is 3. The third kappa shape index (κ3) is 3.87. The second kappa shape index (κ2) is 7.37. The quantitative estimate of drug-likeness (QED) is 0.747. The summed E-state index contributed by atoms with van der Waals surface area (Å²) in [7, 11) is 0. The molecular formula is C20H23F3N2O2. The van der Waals surface area contributed by atoms with Gasteiger partial charge in [0.1, 0.15) is 0 Å². The first-order valence-electron chi connectivity index (χ1n) is 9.15. The number of benzene rings is 1. The van der Waals surface area contributed by atoms with E-state index >= 15 is 0 Å². The topological polar surface area (TPSA) is 40.6 Å². The number of rotatable bonds is 3. The van der Waals surface area contributed by atoms with E-state index in [2.05, 4.69) is 6.58 Å². The maximum absolute atomic E-state index is 13.0. The summed E-state index contributed by atoms with van der Waals surface area (Å²) in [6.07, 6.45) is 0.729. The molecule has 146 valence electrons. The van der Waals surface area contributed by atoms with Gasteiger partial charge in [0.15, 0.2) is 0 Å². The Hall–Kier alpha value is -2.31. The predicted molar refractivity (Wildman–Crippen MR) is 95.1 cm³/mol. The Morgan fingerprint density at radius 1 is 1.26 bits per heavy atom. The summed E-state index contributed by atoms with van der Waals surface area (Å²) >= 11 is 0. The van der Waals surface area contributed by atoms with Gasteiger partial charge in [-0.3, -0.25) is 9.59 Å². The predicted octanol–water partition coefficient (Wildman–Crippen LogP) is 3.88. The van der Waals surface area contributed by atoms with Crippen LogP contribution in [0.4, 0.5) is 13.2 Å². The number of hydrogen-bond donors (Lipinski definition) is 0. The lowest BCUT2D eigenvalue weighted by Crippen LogP contribution is -2.63. The minimum atomic E-state index is -4.49.